The zero-order valence-electron chi connectivity index (χ0n) is 18.6. The van der Waals surface area contributed by atoms with E-state index in [0.29, 0.717) is 10.9 Å². The summed E-state index contributed by atoms with van der Waals surface area (Å²) in [6.07, 6.45) is 6.57. The third-order valence-corrected chi connectivity index (χ3v) is 7.62. The zero-order valence-corrected chi connectivity index (χ0v) is 19.4. The van der Waals surface area contributed by atoms with E-state index >= 15 is 0 Å². The van der Waals surface area contributed by atoms with Crippen molar-refractivity contribution >= 4 is 22.7 Å². The van der Waals surface area contributed by atoms with Crippen LogP contribution in [0.5, 0.6) is 0 Å². The Morgan fingerprint density at radius 2 is 1.65 bits per heavy atom. The maximum atomic E-state index is 12.5. The Labute approximate surface area is 187 Å². The highest BCUT2D eigenvalue weighted by molar-refractivity contribution is 7.83. The molecule has 0 spiro atoms. The molecule has 2 aromatic carbocycles. The normalized spacial score (nSPS) is 16.6. The molecule has 0 saturated carbocycles. The van der Waals surface area contributed by atoms with Gasteiger partial charge in [-0.2, -0.15) is 0 Å². The number of amides is 2. The number of aryl methyl sites for hydroxylation is 2. The van der Waals surface area contributed by atoms with Crippen LogP contribution < -0.4 is 15.4 Å². The second kappa shape index (κ2) is 9.51. The molecule has 4 rings (SSSR count). The summed E-state index contributed by atoms with van der Waals surface area (Å²) >= 11 is 0. The molecular weight excluding hydrogens is 408 g/mol. The highest BCUT2D eigenvalue weighted by Crippen LogP contribution is 2.38. The van der Waals surface area contributed by atoms with Crippen LogP contribution >= 0.6 is 0 Å². The minimum absolute atomic E-state index is 0.130. The fraction of sp³-hybridized carbons (Fsp3) is 0.458. The van der Waals surface area contributed by atoms with E-state index < -0.39 is 11.0 Å². The first-order valence-electron chi connectivity index (χ1n) is 11.1. The number of rotatable bonds is 7. The molecule has 166 valence electrons. The summed E-state index contributed by atoms with van der Waals surface area (Å²) in [6, 6.07) is 10.1. The molecule has 0 saturated heterocycles. The number of carbonyl (C=O) groups excluding carboxylic acids is 1. The van der Waals surface area contributed by atoms with Gasteiger partial charge in [-0.25, -0.2) is 13.7 Å². The van der Waals surface area contributed by atoms with Crippen LogP contribution in [0.15, 0.2) is 35.2 Å². The summed E-state index contributed by atoms with van der Waals surface area (Å²) in [5.41, 5.74) is 7.58. The van der Waals surface area contributed by atoms with E-state index in [4.69, 9.17) is 0 Å². The lowest BCUT2D eigenvalue weighted by Gasteiger charge is -2.20. The Balaban J connectivity index is 1.32. The molecule has 7 heteroatoms. The number of hydrogen-bond acceptors (Lipinski definition) is 3. The predicted molar refractivity (Wildman–Crippen MR) is 126 cm³/mol. The molecule has 2 aromatic rings. The molecule has 2 aliphatic rings. The molecule has 2 amide bonds. The number of benzene rings is 2. The van der Waals surface area contributed by atoms with Gasteiger partial charge in [-0.3, -0.25) is 0 Å². The van der Waals surface area contributed by atoms with Gasteiger partial charge in [0.05, 0.1) is 11.6 Å². The molecule has 6 nitrogen and oxygen atoms in total. The minimum atomic E-state index is -1.38. The second-order valence-electron chi connectivity index (χ2n) is 8.66. The number of anilines is 1. The third kappa shape index (κ3) is 4.84. The molecule has 0 fully saturated rings. The lowest BCUT2D eigenvalue weighted by Crippen LogP contribution is -2.37. The van der Waals surface area contributed by atoms with E-state index in [1.807, 2.05) is 38.4 Å². The summed E-state index contributed by atoms with van der Waals surface area (Å²) in [7, 11) is 2.69. The van der Waals surface area contributed by atoms with Crippen LogP contribution in [0.4, 0.5) is 10.5 Å². The summed E-state index contributed by atoms with van der Waals surface area (Å²) < 4.78 is 15.4. The highest BCUT2D eigenvalue weighted by Gasteiger charge is 2.24. The van der Waals surface area contributed by atoms with Gasteiger partial charge in [0.2, 0.25) is 0 Å². The van der Waals surface area contributed by atoms with Crippen molar-refractivity contribution in [2.45, 2.75) is 56.4 Å². The molecule has 2 atom stereocenters. The Bertz CT molecular complexity index is 956. The maximum absolute atomic E-state index is 12.5. The first kappa shape index (κ1) is 22.0. The van der Waals surface area contributed by atoms with Crippen LogP contribution in [0.25, 0.3) is 0 Å². The highest BCUT2D eigenvalue weighted by atomic mass is 32.2. The van der Waals surface area contributed by atoms with E-state index in [9.17, 15) is 9.00 Å². The standard InChI is InChI=1S/C24H32N4O2S/c1-16(28(2)3)17-10-12-20(13-11-17)31(30)26-15-25-24(29)27-23-21-8-4-6-18(21)14-19-7-5-9-22(19)23/h10-14,16,26H,4-9,15H2,1-3H3,(H2,25,27,29). The van der Waals surface area contributed by atoms with Gasteiger partial charge in [0.25, 0.3) is 0 Å². The number of hydrogen-bond donors (Lipinski definition) is 3. The van der Waals surface area contributed by atoms with Gasteiger partial charge in [-0.15, -0.1) is 0 Å². The lowest BCUT2D eigenvalue weighted by atomic mass is 9.99. The monoisotopic (exact) mass is 440 g/mol. The van der Waals surface area contributed by atoms with Crippen LogP contribution in [0.1, 0.15) is 53.6 Å². The molecule has 0 bridgehead atoms. The minimum Gasteiger partial charge on any atom is -0.324 e. The lowest BCUT2D eigenvalue weighted by molar-refractivity contribution is 0.252. The maximum Gasteiger partial charge on any atom is 0.320 e. The smallest absolute Gasteiger partial charge is 0.320 e. The van der Waals surface area contributed by atoms with E-state index in [1.54, 1.807) is 0 Å². The van der Waals surface area contributed by atoms with Crippen LogP contribution in [0, 0.1) is 0 Å². The molecule has 3 N–H and O–H groups in total. The summed E-state index contributed by atoms with van der Waals surface area (Å²) in [4.78, 5) is 15.4. The molecule has 31 heavy (non-hydrogen) atoms. The Morgan fingerprint density at radius 1 is 1.03 bits per heavy atom. The van der Waals surface area contributed by atoms with Crippen molar-refractivity contribution in [3.63, 3.8) is 0 Å². The number of carbonyl (C=O) groups is 1. The molecule has 0 heterocycles. The number of fused-ring (bicyclic) bond motifs is 2. The Morgan fingerprint density at radius 3 is 2.23 bits per heavy atom. The Kier molecular flexibility index (Phi) is 6.74. The average molecular weight is 441 g/mol. The van der Waals surface area contributed by atoms with E-state index in [2.05, 4.69) is 33.2 Å². The topological polar surface area (TPSA) is 73.5 Å². The fourth-order valence-electron chi connectivity index (χ4n) is 4.56. The van der Waals surface area contributed by atoms with Gasteiger partial charge >= 0.3 is 6.03 Å². The Hall–Kier alpha value is -2.22. The molecule has 0 aliphatic heterocycles. The van der Waals surface area contributed by atoms with Gasteiger partial charge in [0.15, 0.2) is 0 Å². The van der Waals surface area contributed by atoms with Crippen LogP contribution in [0.3, 0.4) is 0 Å². The predicted octanol–water partition coefficient (Wildman–Crippen LogP) is 3.68. The van der Waals surface area contributed by atoms with Crippen molar-refractivity contribution in [1.82, 2.24) is 14.9 Å². The van der Waals surface area contributed by atoms with Gasteiger partial charge in [0, 0.05) is 11.7 Å². The van der Waals surface area contributed by atoms with Crippen molar-refractivity contribution in [3.8, 4) is 0 Å². The largest absolute Gasteiger partial charge is 0.324 e. The summed E-state index contributed by atoms with van der Waals surface area (Å²) in [5.74, 6) is 0. The van der Waals surface area contributed by atoms with Crippen molar-refractivity contribution in [2.75, 3.05) is 26.1 Å². The van der Waals surface area contributed by atoms with Crippen LogP contribution in [0.2, 0.25) is 0 Å². The van der Waals surface area contributed by atoms with Crippen molar-refractivity contribution in [1.29, 1.82) is 0 Å². The van der Waals surface area contributed by atoms with Crippen molar-refractivity contribution in [3.05, 3.63) is 58.1 Å². The summed E-state index contributed by atoms with van der Waals surface area (Å²) in [6.45, 7) is 2.26. The van der Waals surface area contributed by atoms with Crippen LogP contribution in [-0.4, -0.2) is 35.9 Å². The van der Waals surface area contributed by atoms with E-state index in [-0.39, 0.29) is 12.7 Å². The summed E-state index contributed by atoms with van der Waals surface area (Å²) in [5, 5.41) is 5.89. The van der Waals surface area contributed by atoms with Gasteiger partial charge in [0.1, 0.15) is 11.0 Å². The fourth-order valence-corrected chi connectivity index (χ4v) is 5.31. The zero-order chi connectivity index (χ0) is 22.0. The number of nitrogens with zero attached hydrogens (tertiary/aromatic N) is 1. The second-order valence-corrected chi connectivity index (χ2v) is 9.96. The van der Waals surface area contributed by atoms with Crippen LogP contribution in [-0.2, 0) is 36.7 Å². The third-order valence-electron chi connectivity index (χ3n) is 6.51. The average Bonchev–Trinajstić information content (AvgIpc) is 3.42. The van der Waals surface area contributed by atoms with Gasteiger partial charge < -0.3 is 15.5 Å². The van der Waals surface area contributed by atoms with E-state index in [1.165, 1.54) is 27.8 Å². The van der Waals surface area contributed by atoms with Gasteiger partial charge in [-0.1, -0.05) is 18.2 Å². The van der Waals surface area contributed by atoms with E-state index in [0.717, 1.165) is 44.2 Å². The molecule has 2 unspecified atom stereocenters. The van der Waals surface area contributed by atoms with Crippen molar-refractivity contribution in [2.24, 2.45) is 0 Å². The number of nitrogens with one attached hydrogen (secondary N) is 3. The van der Waals surface area contributed by atoms with Crippen molar-refractivity contribution < 1.29 is 9.00 Å². The first-order valence-corrected chi connectivity index (χ1v) is 12.2. The molecule has 2 aliphatic carbocycles. The molecular formula is C24H32N4O2S. The first-order chi connectivity index (χ1) is 14.9. The molecule has 0 aromatic heterocycles. The SMILES string of the molecule is CC(c1ccc(S(=O)NCNC(=O)Nc2c3c(cc4c2CCC4)CCC3)cc1)N(C)C. The molecule has 0 radical (unpaired) electrons. The quantitative estimate of drug-likeness (QED) is 0.575. The van der Waals surface area contributed by atoms with Gasteiger partial charge in [-0.05, 0) is 99.5 Å². The number of urea groups is 1.